The molecule has 3 heterocycles. The number of carbonyl (C=O) groups excluding carboxylic acids is 1. The van der Waals surface area contributed by atoms with Gasteiger partial charge in [-0.3, -0.25) is 4.79 Å². The van der Waals surface area contributed by atoms with Crippen molar-refractivity contribution in [1.82, 2.24) is 15.0 Å². The number of hydrogen-bond donors (Lipinski definition) is 0. The van der Waals surface area contributed by atoms with Gasteiger partial charge in [0, 0.05) is 55.8 Å². The Morgan fingerprint density at radius 1 is 1.29 bits per heavy atom. The molecule has 28 heavy (non-hydrogen) atoms. The maximum atomic E-state index is 12.9. The van der Waals surface area contributed by atoms with Crippen LogP contribution in [0.15, 0.2) is 45.6 Å². The molecular weight excluding hydrogens is 372 g/mol. The number of carbonyl (C=O) groups is 1. The first kappa shape index (κ1) is 18.7. The molecule has 4 rings (SSSR count). The van der Waals surface area contributed by atoms with Crippen molar-refractivity contribution in [2.45, 2.75) is 19.3 Å². The monoisotopic (exact) mass is 396 g/mol. The maximum Gasteiger partial charge on any atom is 0.253 e. The van der Waals surface area contributed by atoms with Gasteiger partial charge in [0.1, 0.15) is 0 Å². The summed E-state index contributed by atoms with van der Waals surface area (Å²) in [7, 11) is 3.99. The molecule has 1 aliphatic rings. The van der Waals surface area contributed by atoms with Crippen molar-refractivity contribution in [3.63, 3.8) is 0 Å². The number of aromatic nitrogens is 2. The van der Waals surface area contributed by atoms with Crippen LogP contribution in [0.5, 0.6) is 0 Å². The molecule has 146 valence electrons. The summed E-state index contributed by atoms with van der Waals surface area (Å²) in [5, 5.41) is 8.10. The average Bonchev–Trinajstić information content (AvgIpc) is 3.39. The summed E-state index contributed by atoms with van der Waals surface area (Å²) in [6.45, 7) is 1.53. The predicted octanol–water partition coefficient (Wildman–Crippen LogP) is 3.96. The minimum atomic E-state index is 0.0968. The first-order valence-corrected chi connectivity index (χ1v) is 10.5. The lowest BCUT2D eigenvalue weighted by atomic mass is 9.94. The molecule has 0 N–H and O–H groups in total. The van der Waals surface area contributed by atoms with E-state index < -0.39 is 0 Å². The Kier molecular flexibility index (Phi) is 5.43. The summed E-state index contributed by atoms with van der Waals surface area (Å²) >= 11 is 1.61. The fourth-order valence-corrected chi connectivity index (χ4v) is 4.23. The minimum absolute atomic E-state index is 0.0968. The second-order valence-electron chi connectivity index (χ2n) is 7.43. The highest BCUT2D eigenvalue weighted by Gasteiger charge is 2.26. The topological polar surface area (TPSA) is 62.5 Å². The number of anilines is 1. The van der Waals surface area contributed by atoms with Crippen molar-refractivity contribution in [3.8, 4) is 11.4 Å². The number of hydrogen-bond acceptors (Lipinski definition) is 6. The summed E-state index contributed by atoms with van der Waals surface area (Å²) in [4.78, 5) is 21.4. The molecule has 1 aromatic carbocycles. The van der Waals surface area contributed by atoms with Crippen LogP contribution in [0, 0.1) is 5.92 Å². The van der Waals surface area contributed by atoms with E-state index in [9.17, 15) is 4.79 Å². The smallest absolute Gasteiger partial charge is 0.253 e. The number of thiophene rings is 1. The van der Waals surface area contributed by atoms with Crippen LogP contribution in [-0.4, -0.2) is 48.1 Å². The Labute approximate surface area is 168 Å². The molecule has 1 fully saturated rings. The zero-order valence-corrected chi connectivity index (χ0v) is 17.0. The van der Waals surface area contributed by atoms with Crippen molar-refractivity contribution in [2.75, 3.05) is 32.1 Å². The summed E-state index contributed by atoms with van der Waals surface area (Å²) in [5.41, 5.74) is 2.82. The molecule has 2 aromatic heterocycles. The molecule has 0 unspecified atom stereocenters. The fraction of sp³-hybridized carbons (Fsp3) is 0.381. The molecule has 6 nitrogen and oxygen atoms in total. The van der Waals surface area contributed by atoms with E-state index in [1.54, 1.807) is 11.3 Å². The highest BCUT2D eigenvalue weighted by atomic mass is 32.1. The molecule has 0 radical (unpaired) electrons. The van der Waals surface area contributed by atoms with Gasteiger partial charge < -0.3 is 14.3 Å². The van der Waals surface area contributed by atoms with Gasteiger partial charge in [-0.05, 0) is 54.5 Å². The summed E-state index contributed by atoms with van der Waals surface area (Å²) in [6, 6.07) is 9.78. The number of amides is 1. The second-order valence-corrected chi connectivity index (χ2v) is 8.21. The Morgan fingerprint density at radius 2 is 2.11 bits per heavy atom. The van der Waals surface area contributed by atoms with Gasteiger partial charge in [0.2, 0.25) is 11.7 Å². The standard InChI is InChI=1S/C21H24N4O2S/c1-24(2)18-7-5-16(6-8-18)21(26)25-10-3-4-15(13-25)12-19-22-20(23-27-19)17-9-11-28-14-17/h5-9,11,14-15H,3-4,10,12-13H2,1-2H3/t15-/m0/s1. The molecule has 1 amide bonds. The molecule has 0 bridgehead atoms. The van der Waals surface area contributed by atoms with Crippen LogP contribution in [0.25, 0.3) is 11.4 Å². The van der Waals surface area contributed by atoms with Crippen molar-refractivity contribution < 1.29 is 9.32 Å². The van der Waals surface area contributed by atoms with Crippen LogP contribution < -0.4 is 4.90 Å². The number of benzene rings is 1. The van der Waals surface area contributed by atoms with Crippen molar-refractivity contribution >= 4 is 22.9 Å². The van der Waals surface area contributed by atoms with Crippen LogP contribution >= 0.6 is 11.3 Å². The van der Waals surface area contributed by atoms with Crippen LogP contribution in [0.2, 0.25) is 0 Å². The van der Waals surface area contributed by atoms with E-state index in [2.05, 4.69) is 10.1 Å². The Morgan fingerprint density at radius 3 is 2.82 bits per heavy atom. The zero-order valence-electron chi connectivity index (χ0n) is 16.2. The van der Waals surface area contributed by atoms with E-state index in [1.807, 2.05) is 65.0 Å². The number of piperidine rings is 1. The Balaban J connectivity index is 1.39. The van der Waals surface area contributed by atoms with Crippen LogP contribution in [0.1, 0.15) is 29.1 Å². The summed E-state index contributed by atoms with van der Waals surface area (Å²) < 4.78 is 5.44. The van der Waals surface area contributed by atoms with Gasteiger partial charge in [0.05, 0.1) is 0 Å². The Bertz CT molecular complexity index is 918. The molecule has 1 atom stereocenters. The molecule has 0 spiro atoms. The van der Waals surface area contributed by atoms with Crippen molar-refractivity contribution in [1.29, 1.82) is 0 Å². The molecular formula is C21H24N4O2S. The van der Waals surface area contributed by atoms with Crippen molar-refractivity contribution in [3.05, 3.63) is 52.5 Å². The minimum Gasteiger partial charge on any atom is -0.378 e. The van der Waals surface area contributed by atoms with Gasteiger partial charge in [-0.25, -0.2) is 0 Å². The van der Waals surface area contributed by atoms with Crippen LogP contribution in [-0.2, 0) is 6.42 Å². The molecule has 7 heteroatoms. The SMILES string of the molecule is CN(C)c1ccc(C(=O)N2CCC[C@@H](Cc3nc(-c4ccsc4)no3)C2)cc1. The lowest BCUT2D eigenvalue weighted by molar-refractivity contribution is 0.0668. The van der Waals surface area contributed by atoms with E-state index in [1.165, 1.54) is 0 Å². The lowest BCUT2D eigenvalue weighted by Gasteiger charge is -2.32. The normalized spacial score (nSPS) is 16.9. The van der Waals surface area contributed by atoms with Gasteiger partial charge in [0.15, 0.2) is 0 Å². The van der Waals surface area contributed by atoms with Crippen molar-refractivity contribution in [2.24, 2.45) is 5.92 Å². The third-order valence-electron chi connectivity index (χ3n) is 5.15. The van der Waals surface area contributed by atoms with Gasteiger partial charge in [-0.1, -0.05) is 5.16 Å². The highest BCUT2D eigenvalue weighted by molar-refractivity contribution is 7.08. The third-order valence-corrected chi connectivity index (χ3v) is 5.83. The van der Waals surface area contributed by atoms with E-state index in [0.29, 0.717) is 24.1 Å². The first-order chi connectivity index (χ1) is 13.6. The molecule has 0 saturated carbocycles. The van der Waals surface area contributed by atoms with Gasteiger partial charge >= 0.3 is 0 Å². The quantitative estimate of drug-likeness (QED) is 0.653. The second kappa shape index (κ2) is 8.14. The number of likely N-dealkylation sites (tertiary alicyclic amines) is 1. The number of nitrogens with zero attached hydrogens (tertiary/aromatic N) is 4. The fourth-order valence-electron chi connectivity index (χ4n) is 3.59. The average molecular weight is 397 g/mol. The van der Waals surface area contributed by atoms with Crippen LogP contribution in [0.3, 0.4) is 0 Å². The third kappa shape index (κ3) is 4.09. The molecule has 3 aromatic rings. The van der Waals surface area contributed by atoms with Crippen LogP contribution in [0.4, 0.5) is 5.69 Å². The Hall–Kier alpha value is -2.67. The molecule has 1 saturated heterocycles. The first-order valence-electron chi connectivity index (χ1n) is 9.52. The van der Waals surface area contributed by atoms with Gasteiger partial charge in [-0.2, -0.15) is 16.3 Å². The van der Waals surface area contributed by atoms with E-state index in [4.69, 9.17) is 4.52 Å². The zero-order chi connectivity index (χ0) is 19.5. The predicted molar refractivity (Wildman–Crippen MR) is 111 cm³/mol. The number of rotatable bonds is 5. The van der Waals surface area contributed by atoms with E-state index in [-0.39, 0.29) is 5.91 Å². The summed E-state index contributed by atoms with van der Waals surface area (Å²) in [6.07, 6.45) is 2.78. The molecule has 0 aliphatic carbocycles. The highest BCUT2D eigenvalue weighted by Crippen LogP contribution is 2.24. The maximum absolute atomic E-state index is 12.9. The van der Waals surface area contributed by atoms with E-state index >= 15 is 0 Å². The van der Waals surface area contributed by atoms with Gasteiger partial charge in [0.25, 0.3) is 5.91 Å². The lowest BCUT2D eigenvalue weighted by Crippen LogP contribution is -2.40. The summed E-state index contributed by atoms with van der Waals surface area (Å²) in [5.74, 6) is 1.73. The van der Waals surface area contributed by atoms with E-state index in [0.717, 1.165) is 42.7 Å². The largest absolute Gasteiger partial charge is 0.378 e. The van der Waals surface area contributed by atoms with Gasteiger partial charge in [-0.15, -0.1) is 0 Å². The molecule has 1 aliphatic heterocycles.